The Kier molecular flexibility index (Phi) is 5.48. The van der Waals surface area contributed by atoms with Gasteiger partial charge in [-0.15, -0.1) is 0 Å². The summed E-state index contributed by atoms with van der Waals surface area (Å²) in [5, 5.41) is 5.69. The number of carbonyl (C=O) groups excluding carboxylic acids is 1. The van der Waals surface area contributed by atoms with Crippen molar-refractivity contribution < 1.29 is 4.79 Å². The molecule has 1 N–H and O–H groups in total. The van der Waals surface area contributed by atoms with Gasteiger partial charge in [0.15, 0.2) is 0 Å². The van der Waals surface area contributed by atoms with E-state index in [1.807, 2.05) is 63.7 Å². The highest BCUT2D eigenvalue weighted by Gasteiger charge is 2.18. The van der Waals surface area contributed by atoms with Crippen LogP contribution in [-0.4, -0.2) is 51.8 Å². The number of nitrogens with one attached hydrogen (secondary N) is 1. The van der Waals surface area contributed by atoms with Gasteiger partial charge in [-0.1, -0.05) is 45.6 Å². The van der Waals surface area contributed by atoms with Gasteiger partial charge in [-0.25, -0.2) is 9.97 Å². The smallest absolute Gasteiger partial charge is 0.255 e. The maximum atomic E-state index is 13.1. The van der Waals surface area contributed by atoms with Crippen LogP contribution in [0.2, 0.25) is 5.02 Å². The molecule has 150 valence electrons. The molecule has 0 aliphatic rings. The predicted octanol–water partition coefficient (Wildman–Crippen LogP) is -2.12. The Morgan fingerprint density at radius 3 is 2.26 bits per heavy atom. The number of halogens is 1. The van der Waals surface area contributed by atoms with Crippen LogP contribution in [0.25, 0.3) is 22.0 Å². The number of aromatic nitrogens is 3. The van der Waals surface area contributed by atoms with Crippen LogP contribution in [0.1, 0.15) is 16.2 Å². The maximum Gasteiger partial charge on any atom is 0.255 e. The van der Waals surface area contributed by atoms with Crippen molar-refractivity contribution in [2.24, 2.45) is 7.05 Å². The van der Waals surface area contributed by atoms with Gasteiger partial charge in [0, 0.05) is 34.8 Å². The molecule has 31 heavy (non-hydrogen) atoms. The van der Waals surface area contributed by atoms with Crippen molar-refractivity contribution in [1.29, 1.82) is 0 Å². The van der Waals surface area contributed by atoms with E-state index in [1.165, 1.54) is 0 Å². The van der Waals surface area contributed by atoms with Gasteiger partial charge in [0.05, 0.1) is 11.9 Å². The second-order valence-electron chi connectivity index (χ2n) is 8.02. The zero-order chi connectivity index (χ0) is 22.4. The number of fused-ring (bicyclic) bond motifs is 1. The quantitative estimate of drug-likeness (QED) is 0.383. The molecular weight excluding hydrogens is 403 g/mol. The van der Waals surface area contributed by atoms with E-state index in [-0.39, 0.29) is 5.91 Å². The first-order valence-corrected chi connectivity index (χ1v) is 10.5. The molecule has 0 atom stereocenters. The third-order valence-electron chi connectivity index (χ3n) is 6.24. The Morgan fingerprint density at radius 1 is 0.968 bits per heavy atom. The van der Waals surface area contributed by atoms with Gasteiger partial charge < -0.3 is 9.88 Å². The van der Waals surface area contributed by atoms with E-state index in [0.29, 0.717) is 16.4 Å². The average Bonchev–Trinajstić information content (AvgIpc) is 3.09. The van der Waals surface area contributed by atoms with Gasteiger partial charge in [0.25, 0.3) is 5.91 Å². The van der Waals surface area contributed by atoms with E-state index in [0.717, 1.165) is 49.7 Å². The minimum absolute atomic E-state index is 0.178. The van der Waals surface area contributed by atoms with E-state index < -0.39 is 0 Å². The molecule has 1 amide bonds. The standard InChI is InChI=1S/C21H21B4ClN4O/c1-9-27-8-13(30(9)2)10-3-4-11-7-28-14(6-12(11)5-10)29-21(31)15-16(22)18(24)20(26)19(25)17(15)23/h3-8H,22-25H2,1-2H3,(H,28,29,31). The van der Waals surface area contributed by atoms with Crippen molar-refractivity contribution in [3.05, 3.63) is 53.1 Å². The molecule has 5 nitrogen and oxygen atoms in total. The summed E-state index contributed by atoms with van der Waals surface area (Å²) >= 11 is 6.42. The third kappa shape index (κ3) is 3.67. The van der Waals surface area contributed by atoms with Gasteiger partial charge in [0.2, 0.25) is 0 Å². The molecular formula is C21H21B4ClN4O. The van der Waals surface area contributed by atoms with Crippen molar-refractivity contribution in [3.8, 4) is 11.3 Å². The Labute approximate surface area is 190 Å². The average molecular weight is 424 g/mol. The molecule has 0 radical (unpaired) electrons. The molecule has 0 aliphatic carbocycles. The number of benzene rings is 2. The molecule has 4 aromatic rings. The second kappa shape index (κ2) is 7.97. The highest BCUT2D eigenvalue weighted by Crippen LogP contribution is 2.25. The normalized spacial score (nSPS) is 11.1. The summed E-state index contributed by atoms with van der Waals surface area (Å²) < 4.78 is 2.06. The molecule has 0 unspecified atom stereocenters. The van der Waals surface area contributed by atoms with Crippen LogP contribution in [0.15, 0.2) is 36.7 Å². The molecule has 2 aromatic carbocycles. The lowest BCUT2D eigenvalue weighted by Crippen LogP contribution is -2.47. The fourth-order valence-electron chi connectivity index (χ4n) is 3.93. The lowest BCUT2D eigenvalue weighted by molar-refractivity contribution is 0.102. The summed E-state index contributed by atoms with van der Waals surface area (Å²) in [5.74, 6) is 1.29. The molecule has 0 fully saturated rings. The lowest BCUT2D eigenvalue weighted by atomic mass is 9.67. The van der Waals surface area contributed by atoms with Gasteiger partial charge >= 0.3 is 0 Å². The van der Waals surface area contributed by atoms with Crippen LogP contribution in [0.5, 0.6) is 0 Å². The van der Waals surface area contributed by atoms with E-state index in [1.54, 1.807) is 6.20 Å². The Morgan fingerprint density at radius 2 is 1.65 bits per heavy atom. The largest absolute Gasteiger partial charge is 0.331 e. The van der Waals surface area contributed by atoms with Gasteiger partial charge in [-0.05, 0) is 24.4 Å². The van der Waals surface area contributed by atoms with Crippen LogP contribution in [-0.2, 0) is 7.05 Å². The van der Waals surface area contributed by atoms with Crippen LogP contribution in [0.4, 0.5) is 5.82 Å². The highest BCUT2D eigenvalue weighted by atomic mass is 35.5. The summed E-state index contributed by atoms with van der Waals surface area (Å²) in [5.41, 5.74) is 6.39. The van der Waals surface area contributed by atoms with Crippen molar-refractivity contribution >= 4 is 87.3 Å². The Bertz CT molecular complexity index is 1340. The molecule has 2 aromatic heterocycles. The fraction of sp³-hybridized carbons (Fsp3) is 0.0952. The van der Waals surface area contributed by atoms with Crippen molar-refractivity contribution in [2.75, 3.05) is 5.32 Å². The molecule has 4 rings (SSSR count). The number of nitrogens with zero attached hydrogens (tertiary/aromatic N) is 3. The summed E-state index contributed by atoms with van der Waals surface area (Å²) in [6, 6.07) is 8.09. The minimum atomic E-state index is -0.178. The van der Waals surface area contributed by atoms with Crippen LogP contribution in [0, 0.1) is 6.92 Å². The Balaban J connectivity index is 1.71. The molecule has 0 saturated carbocycles. The molecule has 0 spiro atoms. The summed E-state index contributed by atoms with van der Waals surface area (Å²) in [6.07, 6.45) is 3.65. The summed E-state index contributed by atoms with van der Waals surface area (Å²) in [7, 11) is 9.74. The number of anilines is 1. The van der Waals surface area contributed by atoms with E-state index in [2.05, 4.69) is 32.0 Å². The number of rotatable bonds is 3. The SMILES string of the molecule is Bc1c(B)c(C(=O)Nc2cc3cc(-c4cnc(C)n4C)ccc3cn2)c(B)c(B)c1Cl. The van der Waals surface area contributed by atoms with Crippen molar-refractivity contribution in [3.63, 3.8) is 0 Å². The van der Waals surface area contributed by atoms with Crippen LogP contribution < -0.4 is 27.2 Å². The summed E-state index contributed by atoms with van der Waals surface area (Å²) in [4.78, 5) is 22.0. The molecule has 2 heterocycles. The van der Waals surface area contributed by atoms with Crippen molar-refractivity contribution in [1.82, 2.24) is 14.5 Å². The second-order valence-corrected chi connectivity index (χ2v) is 8.40. The first-order valence-electron chi connectivity index (χ1n) is 10.1. The number of hydrogen-bond acceptors (Lipinski definition) is 3. The number of aryl methyl sites for hydroxylation is 1. The molecule has 10 heteroatoms. The van der Waals surface area contributed by atoms with E-state index >= 15 is 0 Å². The molecule has 0 bridgehead atoms. The van der Waals surface area contributed by atoms with Gasteiger partial charge in [0.1, 0.15) is 43.0 Å². The Hall–Kier alpha value is -2.92. The van der Waals surface area contributed by atoms with E-state index in [9.17, 15) is 4.79 Å². The number of imidazole rings is 1. The highest BCUT2D eigenvalue weighted by molar-refractivity contribution is 6.65. The van der Waals surface area contributed by atoms with E-state index in [4.69, 9.17) is 11.6 Å². The lowest BCUT2D eigenvalue weighted by Gasteiger charge is -2.18. The maximum absolute atomic E-state index is 13.1. The van der Waals surface area contributed by atoms with Crippen LogP contribution >= 0.6 is 11.6 Å². The van der Waals surface area contributed by atoms with Gasteiger partial charge in [-0.2, -0.15) is 0 Å². The number of amides is 1. The zero-order valence-corrected chi connectivity index (χ0v) is 19.3. The predicted molar refractivity (Wildman–Crippen MR) is 141 cm³/mol. The van der Waals surface area contributed by atoms with Gasteiger partial charge in [-0.3, -0.25) is 4.79 Å². The number of carbonyl (C=O) groups is 1. The first-order chi connectivity index (χ1) is 14.7. The molecule has 0 aliphatic heterocycles. The third-order valence-corrected chi connectivity index (χ3v) is 6.81. The number of hydrogen-bond donors (Lipinski definition) is 1. The first kappa shape index (κ1) is 21.3. The topological polar surface area (TPSA) is 59.8 Å². The van der Waals surface area contributed by atoms with Crippen molar-refractivity contribution in [2.45, 2.75) is 6.92 Å². The number of pyridine rings is 1. The minimum Gasteiger partial charge on any atom is -0.331 e. The zero-order valence-electron chi connectivity index (χ0n) is 18.6. The monoisotopic (exact) mass is 424 g/mol. The fourth-order valence-corrected chi connectivity index (χ4v) is 4.21. The summed E-state index contributed by atoms with van der Waals surface area (Å²) in [6.45, 7) is 1.98. The van der Waals surface area contributed by atoms with Crippen LogP contribution in [0.3, 0.4) is 0 Å². The molecule has 0 saturated heterocycles.